The number of imide groups is 2. The molecule has 1 aliphatic carbocycles. The number of thiophene rings is 1. The first-order chi connectivity index (χ1) is 18.6. The van der Waals surface area contributed by atoms with Gasteiger partial charge in [-0.15, -0.1) is 11.3 Å². The van der Waals surface area contributed by atoms with Gasteiger partial charge in [0.2, 0.25) is 0 Å². The fourth-order valence-corrected chi connectivity index (χ4v) is 6.93. The van der Waals surface area contributed by atoms with E-state index in [9.17, 15) is 19.2 Å². The minimum Gasteiger partial charge on any atom is -0.462 e. The molecule has 39 heavy (non-hydrogen) atoms. The number of carbonyl (C=O) groups excluding carboxylic acids is 4. The number of nitrogens with one attached hydrogen (secondary N) is 1. The van der Waals surface area contributed by atoms with E-state index in [-0.39, 0.29) is 33.9 Å². The Hall–Kier alpha value is -3.40. The lowest BCUT2D eigenvalue weighted by molar-refractivity contribution is -0.122. The molecular weight excluding hydrogens is 561 g/mol. The van der Waals surface area contributed by atoms with E-state index in [1.807, 2.05) is 24.5 Å². The molecule has 1 saturated heterocycles. The summed E-state index contributed by atoms with van der Waals surface area (Å²) in [4.78, 5) is 53.9. The molecule has 3 aromatic rings. The molecule has 5 rings (SSSR count). The number of anilines is 1. The van der Waals surface area contributed by atoms with Crippen molar-refractivity contribution in [3.05, 3.63) is 72.8 Å². The molecule has 1 aromatic carbocycles. The lowest BCUT2D eigenvalue weighted by Crippen LogP contribution is -2.54. The molecule has 0 unspecified atom stereocenters. The molecule has 1 aliphatic heterocycles. The zero-order valence-electron chi connectivity index (χ0n) is 21.5. The summed E-state index contributed by atoms with van der Waals surface area (Å²) in [5.41, 5.74) is 3.60. The van der Waals surface area contributed by atoms with Gasteiger partial charge in [0.25, 0.3) is 11.8 Å². The van der Waals surface area contributed by atoms with Crippen LogP contribution in [0.15, 0.2) is 29.8 Å². The van der Waals surface area contributed by atoms with E-state index in [4.69, 9.17) is 27.9 Å². The van der Waals surface area contributed by atoms with Crippen LogP contribution < -0.4 is 10.2 Å². The van der Waals surface area contributed by atoms with Crippen molar-refractivity contribution in [2.45, 2.75) is 46.5 Å². The second-order valence-electron chi connectivity index (χ2n) is 9.30. The van der Waals surface area contributed by atoms with Crippen molar-refractivity contribution in [1.29, 1.82) is 0 Å². The monoisotopic (exact) mass is 585 g/mol. The van der Waals surface area contributed by atoms with Crippen LogP contribution in [0.3, 0.4) is 0 Å². The Bertz CT molecular complexity index is 1590. The zero-order valence-corrected chi connectivity index (χ0v) is 23.9. The second-order valence-corrected chi connectivity index (χ2v) is 11.2. The quantitative estimate of drug-likeness (QED) is 0.219. The Labute approximate surface area is 239 Å². The lowest BCUT2D eigenvalue weighted by atomic mass is 9.95. The third-order valence-electron chi connectivity index (χ3n) is 6.88. The molecular formula is C28H25Cl2N3O5S. The number of fused-ring (bicyclic) bond motifs is 1. The van der Waals surface area contributed by atoms with E-state index in [0.29, 0.717) is 11.1 Å². The van der Waals surface area contributed by atoms with Gasteiger partial charge in [-0.1, -0.05) is 29.3 Å². The highest BCUT2D eigenvalue weighted by atomic mass is 35.5. The first-order valence-corrected chi connectivity index (χ1v) is 14.1. The van der Waals surface area contributed by atoms with E-state index < -0.39 is 17.8 Å². The third-order valence-corrected chi connectivity index (χ3v) is 8.97. The van der Waals surface area contributed by atoms with Crippen LogP contribution in [0, 0.1) is 13.8 Å². The van der Waals surface area contributed by atoms with E-state index >= 15 is 0 Å². The van der Waals surface area contributed by atoms with Crippen molar-refractivity contribution in [1.82, 2.24) is 9.88 Å². The topological polar surface area (TPSA) is 97.7 Å². The van der Waals surface area contributed by atoms with Crippen molar-refractivity contribution in [2.75, 3.05) is 11.5 Å². The predicted molar refractivity (Wildman–Crippen MR) is 151 cm³/mol. The molecule has 0 bridgehead atoms. The van der Waals surface area contributed by atoms with E-state index in [1.54, 1.807) is 24.3 Å². The summed E-state index contributed by atoms with van der Waals surface area (Å²) in [6, 6.07) is 5.48. The number of aryl methyl sites for hydroxylation is 2. The molecule has 11 heteroatoms. The van der Waals surface area contributed by atoms with Gasteiger partial charge in [-0.05, 0) is 81.9 Å². The maximum absolute atomic E-state index is 13.4. The van der Waals surface area contributed by atoms with Crippen molar-refractivity contribution >= 4 is 70.1 Å². The molecule has 202 valence electrons. The number of amides is 4. The highest BCUT2D eigenvalue weighted by molar-refractivity contribution is 7.15. The Morgan fingerprint density at radius 1 is 1.15 bits per heavy atom. The van der Waals surface area contributed by atoms with Gasteiger partial charge in [0.05, 0.1) is 27.9 Å². The molecule has 0 atom stereocenters. The summed E-state index contributed by atoms with van der Waals surface area (Å²) in [6.07, 6.45) is 5.26. The number of hydrogen-bond acceptors (Lipinski definition) is 6. The molecule has 2 aliphatic rings. The van der Waals surface area contributed by atoms with Gasteiger partial charge in [-0.25, -0.2) is 14.5 Å². The first-order valence-electron chi connectivity index (χ1n) is 12.5. The van der Waals surface area contributed by atoms with Crippen molar-refractivity contribution < 1.29 is 23.9 Å². The molecule has 2 aromatic heterocycles. The van der Waals surface area contributed by atoms with Crippen LogP contribution in [0.2, 0.25) is 10.0 Å². The smallest absolute Gasteiger partial charge is 0.341 e. The van der Waals surface area contributed by atoms with E-state index in [2.05, 4.69) is 5.32 Å². The first kappa shape index (κ1) is 27.2. The van der Waals surface area contributed by atoms with Gasteiger partial charge in [0, 0.05) is 16.3 Å². The molecule has 0 saturated carbocycles. The summed E-state index contributed by atoms with van der Waals surface area (Å²) in [5.74, 6) is -1.99. The molecule has 8 nitrogen and oxygen atoms in total. The van der Waals surface area contributed by atoms with Gasteiger partial charge in [-0.3, -0.25) is 14.9 Å². The van der Waals surface area contributed by atoms with Crippen LogP contribution in [0.5, 0.6) is 0 Å². The van der Waals surface area contributed by atoms with Gasteiger partial charge in [0.15, 0.2) is 0 Å². The van der Waals surface area contributed by atoms with Crippen LogP contribution in [0.4, 0.5) is 10.5 Å². The highest BCUT2D eigenvalue weighted by Gasteiger charge is 2.38. The average molecular weight is 586 g/mol. The Morgan fingerprint density at radius 2 is 1.90 bits per heavy atom. The van der Waals surface area contributed by atoms with Gasteiger partial charge in [-0.2, -0.15) is 0 Å². The fraction of sp³-hybridized carbons (Fsp3) is 0.286. The Kier molecular flexibility index (Phi) is 7.41. The Morgan fingerprint density at radius 3 is 2.64 bits per heavy atom. The van der Waals surface area contributed by atoms with Crippen LogP contribution in [0.25, 0.3) is 11.1 Å². The minimum atomic E-state index is -0.917. The molecule has 1 N–H and O–H groups in total. The molecule has 4 amide bonds. The Balaban J connectivity index is 1.60. The number of benzene rings is 1. The highest BCUT2D eigenvalue weighted by Crippen LogP contribution is 2.40. The predicted octanol–water partition coefficient (Wildman–Crippen LogP) is 6.18. The number of barbiturate groups is 1. The summed E-state index contributed by atoms with van der Waals surface area (Å²) in [6.45, 7) is 5.80. The molecule has 3 heterocycles. The van der Waals surface area contributed by atoms with Crippen LogP contribution in [0.1, 0.15) is 57.5 Å². The molecule has 1 fully saturated rings. The van der Waals surface area contributed by atoms with Crippen LogP contribution in [-0.2, 0) is 27.2 Å². The van der Waals surface area contributed by atoms with E-state index in [0.717, 1.165) is 52.5 Å². The average Bonchev–Trinajstić information content (AvgIpc) is 3.40. The maximum atomic E-state index is 13.4. The number of halogens is 2. The summed E-state index contributed by atoms with van der Waals surface area (Å²) < 4.78 is 7.38. The number of ether oxygens (including phenoxy) is 1. The van der Waals surface area contributed by atoms with Gasteiger partial charge < -0.3 is 9.30 Å². The fourth-order valence-electron chi connectivity index (χ4n) is 5.07. The molecule has 0 radical (unpaired) electrons. The van der Waals surface area contributed by atoms with Crippen LogP contribution >= 0.6 is 34.5 Å². The lowest BCUT2D eigenvalue weighted by Gasteiger charge is -2.27. The number of aromatic nitrogens is 1. The number of nitrogens with zero attached hydrogens (tertiary/aromatic N) is 2. The number of hydrogen-bond donors (Lipinski definition) is 1. The zero-order chi connectivity index (χ0) is 28.0. The van der Waals surface area contributed by atoms with E-state index in [1.165, 1.54) is 23.1 Å². The number of carbonyl (C=O) groups is 4. The minimum absolute atomic E-state index is 0.0164. The van der Waals surface area contributed by atoms with Gasteiger partial charge >= 0.3 is 12.0 Å². The molecule has 0 spiro atoms. The number of urea groups is 1. The summed E-state index contributed by atoms with van der Waals surface area (Å²) in [7, 11) is 0. The van der Waals surface area contributed by atoms with Crippen molar-refractivity contribution in [3.8, 4) is 5.00 Å². The summed E-state index contributed by atoms with van der Waals surface area (Å²) >= 11 is 13.9. The largest absolute Gasteiger partial charge is 0.462 e. The van der Waals surface area contributed by atoms with Crippen molar-refractivity contribution in [2.24, 2.45) is 0 Å². The number of rotatable bonds is 5. The number of esters is 1. The van der Waals surface area contributed by atoms with Crippen LogP contribution in [-0.4, -0.2) is 35.0 Å². The maximum Gasteiger partial charge on any atom is 0.341 e. The normalized spacial score (nSPS) is 16.5. The second kappa shape index (κ2) is 10.6. The standard InChI is InChI=1S/C28H25Cl2N3O5S/c1-4-38-27(36)22-17-8-5-6-11-21(17)39-26(22)32-14(2)12-16(15(32)3)13-18-24(34)31-28(37)33(25(18)35)20-10-7-9-19(29)23(20)30/h7,9-10,12-13H,4-6,8,11H2,1-3H3,(H,31,34,37)/b18-13-. The third kappa shape index (κ3) is 4.68. The SMILES string of the molecule is CCOC(=O)c1c(-n2c(C)cc(/C=C3/C(=O)NC(=O)N(c4cccc(Cl)c4Cl)C3=O)c2C)sc2c1CCCC2. The summed E-state index contributed by atoms with van der Waals surface area (Å²) in [5, 5.41) is 3.16. The van der Waals surface area contributed by atoms with Gasteiger partial charge in [0.1, 0.15) is 10.6 Å². The van der Waals surface area contributed by atoms with Crippen molar-refractivity contribution in [3.63, 3.8) is 0 Å².